The Kier molecular flexibility index (Phi) is 10.1. The lowest BCUT2D eigenvalue weighted by atomic mass is 10.1. The van der Waals surface area contributed by atoms with Gasteiger partial charge >= 0.3 is 0 Å². The van der Waals surface area contributed by atoms with E-state index in [1.54, 1.807) is 19.1 Å². The van der Waals surface area contributed by atoms with Crippen molar-refractivity contribution in [3.8, 4) is 5.75 Å². The lowest BCUT2D eigenvalue weighted by Gasteiger charge is -2.21. The molecule has 0 radical (unpaired) electrons. The van der Waals surface area contributed by atoms with E-state index in [4.69, 9.17) is 4.74 Å². The van der Waals surface area contributed by atoms with Gasteiger partial charge in [-0.15, -0.1) is 0 Å². The molecule has 0 unspecified atom stereocenters. The smallest absolute Gasteiger partial charge is 0.260 e. The van der Waals surface area contributed by atoms with Gasteiger partial charge in [-0.1, -0.05) is 26.0 Å². The Morgan fingerprint density at radius 1 is 1.08 bits per heavy atom. The zero-order valence-electron chi connectivity index (χ0n) is 16.0. The average molecular weight is 362 g/mol. The van der Waals surface area contributed by atoms with Crippen LogP contribution in [-0.4, -0.2) is 48.7 Å². The summed E-state index contributed by atoms with van der Waals surface area (Å²) >= 11 is 0. The second-order valence-corrected chi connectivity index (χ2v) is 6.30. The van der Waals surface area contributed by atoms with Crippen LogP contribution in [0, 0.1) is 0 Å². The molecule has 1 rings (SSSR count). The Hall–Kier alpha value is -2.37. The first-order valence-corrected chi connectivity index (χ1v) is 9.21. The number of rotatable bonds is 12. The molecule has 0 saturated heterocycles. The number of nitrogens with zero attached hydrogens (tertiary/aromatic N) is 1. The molecule has 0 aliphatic carbocycles. The molecule has 1 aromatic rings. The highest BCUT2D eigenvalue weighted by molar-refractivity contribution is 5.85. The largest absolute Gasteiger partial charge is 0.484 e. The average Bonchev–Trinajstić information content (AvgIpc) is 2.63. The molecule has 2 amide bonds. The highest BCUT2D eigenvalue weighted by Gasteiger charge is 2.16. The van der Waals surface area contributed by atoms with Gasteiger partial charge in [-0.3, -0.25) is 9.59 Å². The van der Waals surface area contributed by atoms with Crippen molar-refractivity contribution in [1.29, 1.82) is 0 Å². The van der Waals surface area contributed by atoms with Crippen LogP contribution in [-0.2, 0) is 20.8 Å². The third-order valence-corrected chi connectivity index (χ3v) is 3.80. The van der Waals surface area contributed by atoms with E-state index in [2.05, 4.69) is 5.32 Å². The summed E-state index contributed by atoms with van der Waals surface area (Å²) in [6.45, 7) is 6.60. The highest BCUT2D eigenvalue weighted by Crippen LogP contribution is 2.13. The number of benzene rings is 1. The number of carbonyl (C=O) groups excluding carboxylic acids is 3. The fraction of sp³-hybridized carbons (Fsp3) is 0.550. The fourth-order valence-electron chi connectivity index (χ4n) is 2.36. The lowest BCUT2D eigenvalue weighted by Crippen LogP contribution is -2.43. The van der Waals surface area contributed by atoms with E-state index in [0.29, 0.717) is 31.7 Å². The minimum absolute atomic E-state index is 0.0556. The molecule has 0 fully saturated rings. The number of nitrogens with one attached hydrogen (secondary N) is 1. The number of Topliss-reactive ketones (excluding diaryl/α,β-unsaturated/α-hetero) is 1. The van der Waals surface area contributed by atoms with Gasteiger partial charge in [-0.2, -0.15) is 0 Å². The van der Waals surface area contributed by atoms with E-state index in [9.17, 15) is 14.4 Å². The van der Waals surface area contributed by atoms with Gasteiger partial charge < -0.3 is 19.7 Å². The van der Waals surface area contributed by atoms with Gasteiger partial charge in [0.15, 0.2) is 6.61 Å². The predicted molar refractivity (Wildman–Crippen MR) is 101 cm³/mol. The molecule has 0 heterocycles. The predicted octanol–water partition coefficient (Wildman–Crippen LogP) is 2.35. The monoisotopic (exact) mass is 362 g/mol. The molecular formula is C20H30N2O4. The van der Waals surface area contributed by atoms with Crippen molar-refractivity contribution in [3.05, 3.63) is 29.8 Å². The van der Waals surface area contributed by atoms with E-state index < -0.39 is 0 Å². The van der Waals surface area contributed by atoms with E-state index >= 15 is 0 Å². The van der Waals surface area contributed by atoms with Crippen LogP contribution in [0.25, 0.3) is 0 Å². The Bertz CT molecular complexity index is 584. The Labute approximate surface area is 155 Å². The summed E-state index contributed by atoms with van der Waals surface area (Å²) < 4.78 is 5.55. The molecular weight excluding hydrogens is 332 g/mol. The summed E-state index contributed by atoms with van der Waals surface area (Å²) in [4.78, 5) is 36.7. The van der Waals surface area contributed by atoms with Crippen LogP contribution in [0.2, 0.25) is 0 Å². The molecule has 0 aliphatic rings. The Morgan fingerprint density at radius 3 is 2.35 bits per heavy atom. The quantitative estimate of drug-likeness (QED) is 0.619. The summed E-state index contributed by atoms with van der Waals surface area (Å²) in [5, 5.41) is 2.78. The van der Waals surface area contributed by atoms with Crippen molar-refractivity contribution < 1.29 is 19.1 Å². The topological polar surface area (TPSA) is 75.7 Å². The first-order chi connectivity index (χ1) is 12.5. The number of aryl methyl sites for hydroxylation is 1. The first kappa shape index (κ1) is 21.7. The summed E-state index contributed by atoms with van der Waals surface area (Å²) in [5.41, 5.74) is 1.05. The van der Waals surface area contributed by atoms with Crippen LogP contribution in [0.5, 0.6) is 5.75 Å². The van der Waals surface area contributed by atoms with E-state index in [-0.39, 0.29) is 30.7 Å². The zero-order valence-corrected chi connectivity index (χ0v) is 16.0. The first-order valence-electron chi connectivity index (χ1n) is 9.21. The minimum Gasteiger partial charge on any atom is -0.484 e. The molecule has 0 aromatic heterocycles. The van der Waals surface area contributed by atoms with Crippen LogP contribution < -0.4 is 10.1 Å². The summed E-state index contributed by atoms with van der Waals surface area (Å²) in [5.74, 6) is 0.398. The maximum absolute atomic E-state index is 12.3. The van der Waals surface area contributed by atoms with E-state index in [0.717, 1.165) is 18.4 Å². The number of amides is 2. The second-order valence-electron chi connectivity index (χ2n) is 6.30. The van der Waals surface area contributed by atoms with Gasteiger partial charge in [0.25, 0.3) is 5.91 Å². The second kappa shape index (κ2) is 12.1. The lowest BCUT2D eigenvalue weighted by molar-refractivity contribution is -0.137. The van der Waals surface area contributed by atoms with Crippen LogP contribution in [0.3, 0.4) is 0 Å². The molecule has 1 N–H and O–H groups in total. The van der Waals surface area contributed by atoms with E-state index in [1.165, 1.54) is 4.90 Å². The van der Waals surface area contributed by atoms with Crippen LogP contribution >= 0.6 is 0 Å². The molecule has 144 valence electrons. The standard InChI is InChI=1S/C20H30N2O4/c1-4-12-21-19(24)14-22(13-5-2)20(25)15-26-18-10-8-17(9-11-18)7-6-16(3)23/h8-11H,4-7,12-15H2,1-3H3,(H,21,24). The third-order valence-electron chi connectivity index (χ3n) is 3.80. The summed E-state index contributed by atoms with van der Waals surface area (Å²) in [6, 6.07) is 7.37. The van der Waals surface area contributed by atoms with Gasteiger partial charge in [0.05, 0.1) is 6.54 Å². The van der Waals surface area contributed by atoms with Gasteiger partial charge in [-0.05, 0) is 43.9 Å². The molecule has 6 nitrogen and oxygen atoms in total. The molecule has 0 saturated carbocycles. The van der Waals surface area contributed by atoms with Crippen molar-refractivity contribution in [2.75, 3.05) is 26.2 Å². The summed E-state index contributed by atoms with van der Waals surface area (Å²) in [7, 11) is 0. The highest BCUT2D eigenvalue weighted by atomic mass is 16.5. The van der Waals surface area contributed by atoms with Crippen LogP contribution in [0.1, 0.15) is 45.6 Å². The molecule has 0 atom stereocenters. The zero-order chi connectivity index (χ0) is 19.4. The van der Waals surface area contributed by atoms with Crippen molar-refractivity contribution in [2.24, 2.45) is 0 Å². The molecule has 26 heavy (non-hydrogen) atoms. The van der Waals surface area contributed by atoms with E-state index in [1.807, 2.05) is 26.0 Å². The van der Waals surface area contributed by atoms with Crippen molar-refractivity contribution >= 4 is 17.6 Å². The number of ketones is 1. The number of hydrogen-bond acceptors (Lipinski definition) is 4. The maximum atomic E-state index is 12.3. The number of hydrogen-bond donors (Lipinski definition) is 1. The van der Waals surface area contributed by atoms with Crippen LogP contribution in [0.4, 0.5) is 0 Å². The van der Waals surface area contributed by atoms with Crippen molar-refractivity contribution in [1.82, 2.24) is 10.2 Å². The molecule has 6 heteroatoms. The molecule has 1 aromatic carbocycles. The number of ether oxygens (including phenoxy) is 1. The van der Waals surface area contributed by atoms with Gasteiger partial charge in [0.1, 0.15) is 11.5 Å². The fourth-order valence-corrected chi connectivity index (χ4v) is 2.36. The van der Waals surface area contributed by atoms with Gasteiger partial charge in [0.2, 0.25) is 5.91 Å². The molecule has 0 aliphatic heterocycles. The molecule has 0 bridgehead atoms. The Balaban J connectivity index is 2.50. The number of carbonyl (C=O) groups is 3. The minimum atomic E-state index is -0.209. The Morgan fingerprint density at radius 2 is 1.77 bits per heavy atom. The molecule has 0 spiro atoms. The third kappa shape index (κ3) is 8.65. The van der Waals surface area contributed by atoms with Crippen molar-refractivity contribution in [2.45, 2.75) is 46.5 Å². The van der Waals surface area contributed by atoms with Gasteiger partial charge in [-0.25, -0.2) is 0 Å². The summed E-state index contributed by atoms with van der Waals surface area (Å²) in [6.07, 6.45) is 2.85. The SMILES string of the molecule is CCCNC(=O)CN(CCC)C(=O)COc1ccc(CCC(C)=O)cc1. The van der Waals surface area contributed by atoms with Crippen LogP contribution in [0.15, 0.2) is 24.3 Å². The van der Waals surface area contributed by atoms with Crippen molar-refractivity contribution in [3.63, 3.8) is 0 Å². The maximum Gasteiger partial charge on any atom is 0.260 e. The normalized spacial score (nSPS) is 10.3. The van der Waals surface area contributed by atoms with Gasteiger partial charge in [0, 0.05) is 19.5 Å².